The molecule has 0 saturated heterocycles. The molecule has 0 fully saturated rings. The number of nitrogens with one attached hydrogen (secondary N) is 3. The van der Waals surface area contributed by atoms with Crippen LogP contribution in [0.25, 0.3) is 10.9 Å². The van der Waals surface area contributed by atoms with Crippen LogP contribution in [0.4, 0.5) is 17.1 Å². The maximum Gasteiger partial charge on any atom is 0.261 e. The number of sulfonamides is 1. The molecule has 5 rings (SSSR count). The second-order valence-corrected chi connectivity index (χ2v) is 10.5. The van der Waals surface area contributed by atoms with Crippen LogP contribution >= 0.6 is 0 Å². The van der Waals surface area contributed by atoms with Crippen LogP contribution in [0.15, 0.2) is 113 Å². The van der Waals surface area contributed by atoms with Crippen molar-refractivity contribution in [2.45, 2.75) is 18.2 Å². The highest BCUT2D eigenvalue weighted by Crippen LogP contribution is 2.33. The predicted molar refractivity (Wildman–Crippen MR) is 154 cm³/mol. The van der Waals surface area contributed by atoms with E-state index in [2.05, 4.69) is 15.0 Å². The molecular weight excluding hydrogens is 512 g/mol. The number of carbonyl (C=O) groups is 1. The zero-order chi connectivity index (χ0) is 27.4. The number of para-hydroxylation sites is 1. The second-order valence-electron chi connectivity index (χ2n) is 8.80. The maximum absolute atomic E-state index is 13.2. The minimum Gasteiger partial charge on any atom is -0.494 e. The SMILES string of the molecule is CCC(=O)Nc1ccc(N=C(c2ccccc2)c2c(O)[nH]c3ccc(S(=O)(=O)Nc4ccccc4)cc23)cc1. The molecule has 4 aromatic carbocycles. The van der Waals surface area contributed by atoms with Gasteiger partial charge in [-0.2, -0.15) is 0 Å². The fraction of sp³-hybridized carbons (Fsp3) is 0.0667. The van der Waals surface area contributed by atoms with Crippen molar-refractivity contribution in [3.63, 3.8) is 0 Å². The number of hydrogen-bond donors (Lipinski definition) is 4. The lowest BCUT2D eigenvalue weighted by Crippen LogP contribution is -2.12. The highest BCUT2D eigenvalue weighted by molar-refractivity contribution is 7.92. The molecule has 0 unspecified atom stereocenters. The van der Waals surface area contributed by atoms with Crippen LogP contribution in [0.2, 0.25) is 0 Å². The molecule has 0 aliphatic rings. The summed E-state index contributed by atoms with van der Waals surface area (Å²) < 4.78 is 28.9. The topological polar surface area (TPSA) is 124 Å². The first kappa shape index (κ1) is 25.7. The summed E-state index contributed by atoms with van der Waals surface area (Å²) in [6, 6.07) is 29.6. The Labute approximate surface area is 226 Å². The van der Waals surface area contributed by atoms with Crippen molar-refractivity contribution in [1.82, 2.24) is 4.98 Å². The molecule has 0 bridgehead atoms. The second kappa shape index (κ2) is 10.8. The standard InChI is InChI=1S/C30H26N4O4S/c1-2-27(35)31-21-13-15-22(16-14-21)32-29(20-9-5-3-6-10-20)28-25-19-24(17-18-26(25)33-30(28)36)39(37,38)34-23-11-7-4-8-12-23/h3-19,33-34,36H,2H2,1H3,(H,31,35). The minimum absolute atomic E-state index is 0.0440. The van der Waals surface area contributed by atoms with Gasteiger partial charge in [0.15, 0.2) is 5.88 Å². The predicted octanol–water partition coefficient (Wildman–Crippen LogP) is 6.19. The summed E-state index contributed by atoms with van der Waals surface area (Å²) in [7, 11) is -3.90. The minimum atomic E-state index is -3.90. The van der Waals surface area contributed by atoms with Gasteiger partial charge in [-0.05, 0) is 54.6 Å². The Morgan fingerprint density at radius 2 is 1.54 bits per heavy atom. The monoisotopic (exact) mass is 538 g/mol. The lowest BCUT2D eigenvalue weighted by atomic mass is 10.0. The van der Waals surface area contributed by atoms with Crippen molar-refractivity contribution in [3.05, 3.63) is 114 Å². The lowest BCUT2D eigenvalue weighted by molar-refractivity contribution is -0.115. The number of anilines is 2. The molecule has 4 N–H and O–H groups in total. The van der Waals surface area contributed by atoms with Crippen LogP contribution in [-0.2, 0) is 14.8 Å². The lowest BCUT2D eigenvalue weighted by Gasteiger charge is -2.10. The van der Waals surface area contributed by atoms with Gasteiger partial charge in [0, 0.05) is 34.3 Å². The molecule has 1 aromatic heterocycles. The molecule has 9 heteroatoms. The summed E-state index contributed by atoms with van der Waals surface area (Å²) in [4.78, 5) is 19.6. The highest BCUT2D eigenvalue weighted by atomic mass is 32.2. The van der Waals surface area contributed by atoms with Gasteiger partial charge < -0.3 is 15.4 Å². The van der Waals surface area contributed by atoms with Gasteiger partial charge in [0.05, 0.1) is 21.9 Å². The first-order valence-corrected chi connectivity index (χ1v) is 13.8. The van der Waals surface area contributed by atoms with Crippen molar-refractivity contribution < 1.29 is 18.3 Å². The summed E-state index contributed by atoms with van der Waals surface area (Å²) in [5.74, 6) is -0.225. The third-order valence-electron chi connectivity index (χ3n) is 6.08. The summed E-state index contributed by atoms with van der Waals surface area (Å²) in [5, 5.41) is 14.3. The van der Waals surface area contributed by atoms with Gasteiger partial charge in [0.2, 0.25) is 5.91 Å². The Bertz CT molecular complexity index is 1760. The van der Waals surface area contributed by atoms with Crippen molar-refractivity contribution in [3.8, 4) is 5.88 Å². The van der Waals surface area contributed by atoms with Crippen LogP contribution in [-0.4, -0.2) is 30.1 Å². The van der Waals surface area contributed by atoms with E-state index in [1.165, 1.54) is 12.1 Å². The molecule has 196 valence electrons. The number of aliphatic imine (C=N–C) groups is 1. The number of rotatable bonds is 8. The molecule has 0 aliphatic carbocycles. The summed E-state index contributed by atoms with van der Waals surface area (Å²) in [5.41, 5.74) is 3.80. The number of aromatic hydroxyl groups is 1. The van der Waals surface area contributed by atoms with Crippen molar-refractivity contribution >= 4 is 49.6 Å². The van der Waals surface area contributed by atoms with Gasteiger partial charge in [-0.25, -0.2) is 13.4 Å². The molecule has 0 atom stereocenters. The molecule has 8 nitrogen and oxygen atoms in total. The van der Waals surface area contributed by atoms with E-state index in [0.717, 1.165) is 5.56 Å². The number of aromatic nitrogens is 1. The largest absolute Gasteiger partial charge is 0.494 e. The van der Waals surface area contributed by atoms with Crippen LogP contribution in [0.1, 0.15) is 24.5 Å². The number of aromatic amines is 1. The number of carbonyl (C=O) groups excluding carboxylic acids is 1. The third kappa shape index (κ3) is 5.68. The van der Waals surface area contributed by atoms with E-state index >= 15 is 0 Å². The fourth-order valence-electron chi connectivity index (χ4n) is 4.14. The van der Waals surface area contributed by atoms with E-state index in [1.807, 2.05) is 30.3 Å². The van der Waals surface area contributed by atoms with Gasteiger partial charge in [-0.3, -0.25) is 9.52 Å². The van der Waals surface area contributed by atoms with Gasteiger partial charge >= 0.3 is 0 Å². The third-order valence-corrected chi connectivity index (χ3v) is 7.46. The zero-order valence-electron chi connectivity index (χ0n) is 21.0. The zero-order valence-corrected chi connectivity index (χ0v) is 21.9. The van der Waals surface area contributed by atoms with Crippen LogP contribution in [0, 0.1) is 0 Å². The van der Waals surface area contributed by atoms with Gasteiger partial charge in [-0.1, -0.05) is 55.5 Å². The summed E-state index contributed by atoms with van der Waals surface area (Å²) in [6.45, 7) is 1.78. The first-order chi connectivity index (χ1) is 18.8. The molecule has 1 heterocycles. The molecular formula is C30H26N4O4S. The van der Waals surface area contributed by atoms with Gasteiger partial charge in [0.1, 0.15) is 0 Å². The average molecular weight is 539 g/mol. The number of benzene rings is 4. The van der Waals surface area contributed by atoms with Crippen molar-refractivity contribution in [1.29, 1.82) is 0 Å². The number of nitrogens with zero attached hydrogens (tertiary/aromatic N) is 1. The molecule has 0 saturated carbocycles. The van der Waals surface area contributed by atoms with E-state index in [-0.39, 0.29) is 16.7 Å². The normalized spacial score (nSPS) is 11.9. The maximum atomic E-state index is 13.2. The molecule has 0 spiro atoms. The average Bonchev–Trinajstić information content (AvgIpc) is 3.28. The molecule has 0 aliphatic heterocycles. The summed E-state index contributed by atoms with van der Waals surface area (Å²) in [6.07, 6.45) is 0.372. The fourth-order valence-corrected chi connectivity index (χ4v) is 5.23. The number of H-pyrrole nitrogens is 1. The Morgan fingerprint density at radius 1 is 0.872 bits per heavy atom. The van der Waals surface area contributed by atoms with Crippen LogP contribution in [0.3, 0.4) is 0 Å². The number of fused-ring (bicyclic) bond motifs is 1. The Balaban J connectivity index is 1.61. The van der Waals surface area contributed by atoms with E-state index < -0.39 is 10.0 Å². The summed E-state index contributed by atoms with van der Waals surface area (Å²) >= 11 is 0. The van der Waals surface area contributed by atoms with Crippen molar-refractivity contribution in [2.75, 3.05) is 10.0 Å². The number of amides is 1. The molecule has 39 heavy (non-hydrogen) atoms. The van der Waals surface area contributed by atoms with E-state index in [1.54, 1.807) is 67.6 Å². The number of hydrogen-bond acceptors (Lipinski definition) is 5. The Kier molecular flexibility index (Phi) is 7.16. The molecule has 5 aromatic rings. The van der Waals surface area contributed by atoms with Gasteiger partial charge in [-0.15, -0.1) is 0 Å². The van der Waals surface area contributed by atoms with Gasteiger partial charge in [0.25, 0.3) is 10.0 Å². The van der Waals surface area contributed by atoms with Crippen LogP contribution < -0.4 is 10.0 Å². The van der Waals surface area contributed by atoms with E-state index in [0.29, 0.717) is 45.7 Å². The molecule has 1 amide bonds. The van der Waals surface area contributed by atoms with E-state index in [4.69, 9.17) is 4.99 Å². The Morgan fingerprint density at radius 3 is 2.21 bits per heavy atom. The van der Waals surface area contributed by atoms with Crippen LogP contribution in [0.5, 0.6) is 5.88 Å². The Hall–Kier alpha value is -4.89. The smallest absolute Gasteiger partial charge is 0.261 e. The first-order valence-electron chi connectivity index (χ1n) is 12.3. The quantitative estimate of drug-likeness (QED) is 0.176. The van der Waals surface area contributed by atoms with Crippen molar-refractivity contribution in [2.24, 2.45) is 4.99 Å². The van der Waals surface area contributed by atoms with E-state index in [9.17, 15) is 18.3 Å². The molecule has 0 radical (unpaired) electrons. The highest BCUT2D eigenvalue weighted by Gasteiger charge is 2.22.